The lowest BCUT2D eigenvalue weighted by atomic mass is 10.1. The molecule has 0 amide bonds. The number of aromatic nitrogens is 3. The van der Waals surface area contributed by atoms with E-state index in [4.69, 9.17) is 5.73 Å². The quantitative estimate of drug-likeness (QED) is 0.747. The molecule has 96 valence electrons. The van der Waals surface area contributed by atoms with Gasteiger partial charge >= 0.3 is 0 Å². The lowest BCUT2D eigenvalue weighted by molar-refractivity contribution is 1.02. The zero-order valence-corrected chi connectivity index (χ0v) is 12.3. The Kier molecular flexibility index (Phi) is 3.77. The molecule has 0 atom stereocenters. The van der Waals surface area contributed by atoms with Crippen LogP contribution < -0.4 is 5.73 Å². The molecule has 0 saturated carbocycles. The van der Waals surface area contributed by atoms with Gasteiger partial charge in [0, 0.05) is 23.7 Å². The zero-order valence-electron chi connectivity index (χ0n) is 9.81. The monoisotopic (exact) mass is 306 g/mol. The summed E-state index contributed by atoms with van der Waals surface area (Å²) in [5, 5.41) is 12.5. The van der Waals surface area contributed by atoms with Crippen molar-refractivity contribution in [1.82, 2.24) is 15.2 Å². The zero-order chi connectivity index (χ0) is 13.1. The standard InChI is InChI=1S/C12H10N4S3/c13-11-15-16-12(19-11)18-6-8-3-10(5-14-4-8)9-1-2-17-7-9/h1-5,7H,6H2,(H2,13,15). The number of thioether (sulfide) groups is 1. The molecule has 3 aromatic heterocycles. The smallest absolute Gasteiger partial charge is 0.203 e. The van der Waals surface area contributed by atoms with Gasteiger partial charge in [-0.3, -0.25) is 4.98 Å². The van der Waals surface area contributed by atoms with Crippen LogP contribution in [0.2, 0.25) is 0 Å². The Morgan fingerprint density at radius 2 is 2.16 bits per heavy atom. The molecule has 0 saturated heterocycles. The summed E-state index contributed by atoms with van der Waals surface area (Å²) in [5.74, 6) is 0.819. The van der Waals surface area contributed by atoms with Crippen LogP contribution in [-0.4, -0.2) is 15.2 Å². The number of hydrogen-bond donors (Lipinski definition) is 1. The van der Waals surface area contributed by atoms with Crippen molar-refractivity contribution in [3.8, 4) is 11.1 Å². The molecule has 0 aliphatic rings. The Morgan fingerprint density at radius 1 is 1.21 bits per heavy atom. The first-order valence-corrected chi connectivity index (χ1v) is 8.24. The van der Waals surface area contributed by atoms with Crippen LogP contribution in [0.4, 0.5) is 5.13 Å². The summed E-state index contributed by atoms with van der Waals surface area (Å²) in [6, 6.07) is 4.26. The number of nitrogens with two attached hydrogens (primary N) is 1. The molecular formula is C12H10N4S3. The minimum absolute atomic E-state index is 0.507. The molecule has 3 aromatic rings. The van der Waals surface area contributed by atoms with Crippen LogP contribution >= 0.6 is 34.4 Å². The molecule has 0 bridgehead atoms. The summed E-state index contributed by atoms with van der Waals surface area (Å²) in [6.45, 7) is 0. The van der Waals surface area contributed by atoms with Gasteiger partial charge in [-0.25, -0.2) is 0 Å². The molecule has 2 N–H and O–H groups in total. The van der Waals surface area contributed by atoms with Crippen molar-refractivity contribution in [3.05, 3.63) is 40.8 Å². The van der Waals surface area contributed by atoms with Crippen LogP contribution in [0.1, 0.15) is 5.56 Å². The van der Waals surface area contributed by atoms with E-state index in [2.05, 4.69) is 38.1 Å². The van der Waals surface area contributed by atoms with E-state index in [9.17, 15) is 0 Å². The Hall–Kier alpha value is -1.44. The average molecular weight is 306 g/mol. The number of hydrogen-bond acceptors (Lipinski definition) is 7. The van der Waals surface area contributed by atoms with Gasteiger partial charge in [0.2, 0.25) is 5.13 Å². The third-order valence-electron chi connectivity index (χ3n) is 2.43. The van der Waals surface area contributed by atoms with Crippen LogP contribution in [0, 0.1) is 0 Å². The second-order valence-electron chi connectivity index (χ2n) is 3.79. The molecular weight excluding hydrogens is 296 g/mol. The van der Waals surface area contributed by atoms with Gasteiger partial charge in [-0.2, -0.15) is 11.3 Å². The van der Waals surface area contributed by atoms with E-state index in [-0.39, 0.29) is 0 Å². The van der Waals surface area contributed by atoms with Crippen LogP contribution in [-0.2, 0) is 5.75 Å². The SMILES string of the molecule is Nc1nnc(SCc2cncc(-c3ccsc3)c2)s1. The van der Waals surface area contributed by atoms with Crippen molar-refractivity contribution in [2.45, 2.75) is 10.1 Å². The van der Waals surface area contributed by atoms with E-state index in [1.54, 1.807) is 23.1 Å². The van der Waals surface area contributed by atoms with Gasteiger partial charge in [-0.15, -0.1) is 10.2 Å². The largest absolute Gasteiger partial charge is 0.374 e. The number of rotatable bonds is 4. The van der Waals surface area contributed by atoms with E-state index >= 15 is 0 Å². The first-order chi connectivity index (χ1) is 9.31. The molecule has 19 heavy (non-hydrogen) atoms. The molecule has 0 aliphatic carbocycles. The van der Waals surface area contributed by atoms with Crippen molar-refractivity contribution in [2.75, 3.05) is 5.73 Å². The van der Waals surface area contributed by atoms with Gasteiger partial charge in [-0.1, -0.05) is 23.1 Å². The highest BCUT2D eigenvalue weighted by Gasteiger charge is 2.04. The highest BCUT2D eigenvalue weighted by molar-refractivity contribution is 8.00. The first-order valence-electron chi connectivity index (χ1n) is 5.49. The number of nitrogen functional groups attached to an aromatic ring is 1. The van der Waals surface area contributed by atoms with Crippen molar-refractivity contribution < 1.29 is 0 Å². The molecule has 0 aliphatic heterocycles. The van der Waals surface area contributed by atoms with Crippen molar-refractivity contribution in [3.63, 3.8) is 0 Å². The molecule has 4 nitrogen and oxygen atoms in total. The van der Waals surface area contributed by atoms with Crippen molar-refractivity contribution >= 4 is 39.6 Å². The minimum Gasteiger partial charge on any atom is -0.374 e. The fraction of sp³-hybridized carbons (Fsp3) is 0.0833. The Labute approximate surface area is 122 Å². The molecule has 0 radical (unpaired) electrons. The lowest BCUT2D eigenvalue weighted by Crippen LogP contribution is -1.85. The van der Waals surface area contributed by atoms with Crippen LogP contribution in [0.5, 0.6) is 0 Å². The second kappa shape index (κ2) is 5.68. The molecule has 0 unspecified atom stereocenters. The van der Waals surface area contributed by atoms with E-state index < -0.39 is 0 Å². The molecule has 3 heterocycles. The summed E-state index contributed by atoms with van der Waals surface area (Å²) >= 11 is 4.73. The Bertz CT molecular complexity index is 663. The van der Waals surface area contributed by atoms with Crippen LogP contribution in [0.3, 0.4) is 0 Å². The highest BCUT2D eigenvalue weighted by Crippen LogP contribution is 2.28. The van der Waals surface area contributed by atoms with E-state index in [1.165, 1.54) is 22.5 Å². The Morgan fingerprint density at radius 3 is 2.89 bits per heavy atom. The highest BCUT2D eigenvalue weighted by atomic mass is 32.2. The predicted molar refractivity (Wildman–Crippen MR) is 81.4 cm³/mol. The summed E-state index contributed by atoms with van der Waals surface area (Å²) < 4.78 is 0.887. The maximum Gasteiger partial charge on any atom is 0.203 e. The molecule has 3 rings (SSSR count). The normalized spacial score (nSPS) is 10.7. The van der Waals surface area contributed by atoms with E-state index in [0.717, 1.165) is 15.7 Å². The van der Waals surface area contributed by atoms with Gasteiger partial charge in [0.1, 0.15) is 0 Å². The number of nitrogens with zero attached hydrogens (tertiary/aromatic N) is 3. The summed E-state index contributed by atoms with van der Waals surface area (Å²) in [6.07, 6.45) is 3.77. The maximum atomic E-state index is 5.56. The van der Waals surface area contributed by atoms with E-state index in [0.29, 0.717) is 5.13 Å². The predicted octanol–water partition coefficient (Wildman–Crippen LogP) is 3.54. The third-order valence-corrected chi connectivity index (χ3v) is 5.07. The number of thiophene rings is 1. The third kappa shape index (κ3) is 3.12. The Balaban J connectivity index is 1.73. The topological polar surface area (TPSA) is 64.7 Å². The lowest BCUT2D eigenvalue weighted by Gasteiger charge is -2.01. The molecule has 7 heteroatoms. The van der Waals surface area contributed by atoms with Gasteiger partial charge < -0.3 is 5.73 Å². The minimum atomic E-state index is 0.507. The van der Waals surface area contributed by atoms with Crippen LogP contribution in [0.15, 0.2) is 39.6 Å². The van der Waals surface area contributed by atoms with Gasteiger partial charge in [0.05, 0.1) is 0 Å². The number of anilines is 1. The molecule has 0 spiro atoms. The summed E-state index contributed by atoms with van der Waals surface area (Å²) in [4.78, 5) is 4.29. The van der Waals surface area contributed by atoms with Gasteiger partial charge in [-0.05, 0) is 34.0 Å². The van der Waals surface area contributed by atoms with E-state index in [1.807, 2.05) is 12.4 Å². The van der Waals surface area contributed by atoms with Gasteiger partial charge in [0.15, 0.2) is 4.34 Å². The van der Waals surface area contributed by atoms with Crippen molar-refractivity contribution in [2.24, 2.45) is 0 Å². The fourth-order valence-corrected chi connectivity index (χ4v) is 3.80. The molecule has 0 aromatic carbocycles. The summed E-state index contributed by atoms with van der Waals surface area (Å²) in [5.41, 5.74) is 9.09. The fourth-order valence-electron chi connectivity index (χ4n) is 1.58. The second-order valence-corrected chi connectivity index (χ2v) is 6.80. The first kappa shape index (κ1) is 12.6. The molecule has 0 fully saturated rings. The maximum absolute atomic E-state index is 5.56. The summed E-state index contributed by atoms with van der Waals surface area (Å²) in [7, 11) is 0. The van der Waals surface area contributed by atoms with Crippen molar-refractivity contribution in [1.29, 1.82) is 0 Å². The van der Waals surface area contributed by atoms with Gasteiger partial charge in [0.25, 0.3) is 0 Å². The average Bonchev–Trinajstić information content (AvgIpc) is 3.08. The van der Waals surface area contributed by atoms with Crippen LogP contribution in [0.25, 0.3) is 11.1 Å². The number of pyridine rings is 1.